The van der Waals surface area contributed by atoms with Gasteiger partial charge in [-0.1, -0.05) is 120 Å². The predicted octanol–water partition coefficient (Wildman–Crippen LogP) is 7.29. The number of benzene rings is 4. The van der Waals surface area contributed by atoms with Crippen LogP contribution in [0.2, 0.25) is 10.0 Å². The average Bonchev–Trinajstić information content (AvgIpc) is 2.96. The van der Waals surface area contributed by atoms with E-state index in [4.69, 9.17) is 23.2 Å². The Morgan fingerprint density at radius 2 is 1.26 bits per heavy atom. The molecule has 1 N–H and O–H groups in total. The molecule has 1 atom stereocenters. The minimum absolute atomic E-state index is 0.113. The highest BCUT2D eigenvalue weighted by molar-refractivity contribution is 6.36. The lowest BCUT2D eigenvalue weighted by Gasteiger charge is -2.33. The normalized spacial score (nSPS) is 11.7. The van der Waals surface area contributed by atoms with Crippen molar-refractivity contribution >= 4 is 35.0 Å². The molecule has 6 heteroatoms. The molecule has 2 amide bonds. The molecule has 0 aliphatic rings. The zero-order valence-electron chi connectivity index (χ0n) is 21.9. The Kier molecular flexibility index (Phi) is 10.2. The second-order valence-corrected chi connectivity index (χ2v) is 10.2. The molecule has 39 heavy (non-hydrogen) atoms. The first-order chi connectivity index (χ1) is 19.0. The third-order valence-electron chi connectivity index (χ3n) is 6.79. The van der Waals surface area contributed by atoms with Crippen molar-refractivity contribution in [1.82, 2.24) is 10.2 Å². The van der Waals surface area contributed by atoms with Gasteiger partial charge < -0.3 is 10.2 Å². The maximum Gasteiger partial charge on any atom is 0.243 e. The molecule has 4 aromatic rings. The number of hydrogen-bond acceptors (Lipinski definition) is 2. The highest BCUT2D eigenvalue weighted by atomic mass is 35.5. The van der Waals surface area contributed by atoms with Crippen molar-refractivity contribution in [1.29, 1.82) is 0 Å². The van der Waals surface area contributed by atoms with Gasteiger partial charge in [-0.05, 0) is 35.7 Å². The van der Waals surface area contributed by atoms with E-state index in [2.05, 4.69) is 5.32 Å². The van der Waals surface area contributed by atoms with Gasteiger partial charge in [0, 0.05) is 47.5 Å². The van der Waals surface area contributed by atoms with Crippen molar-refractivity contribution in [2.75, 3.05) is 6.54 Å². The van der Waals surface area contributed by atoms with Gasteiger partial charge in [-0.2, -0.15) is 0 Å². The van der Waals surface area contributed by atoms with Crippen molar-refractivity contribution in [3.05, 3.63) is 141 Å². The van der Waals surface area contributed by atoms with Crippen LogP contribution in [-0.4, -0.2) is 29.3 Å². The minimum atomic E-state index is -0.751. The molecule has 4 nitrogen and oxygen atoms in total. The van der Waals surface area contributed by atoms with Crippen molar-refractivity contribution < 1.29 is 9.59 Å². The second kappa shape index (κ2) is 14.0. The molecule has 4 aromatic carbocycles. The largest absolute Gasteiger partial charge is 0.355 e. The lowest BCUT2D eigenvalue weighted by Crippen LogP contribution is -2.50. The maximum absolute atomic E-state index is 14.3. The summed E-state index contributed by atoms with van der Waals surface area (Å²) in [4.78, 5) is 29.5. The lowest BCUT2D eigenvalue weighted by molar-refractivity contribution is -0.141. The van der Waals surface area contributed by atoms with Crippen LogP contribution in [-0.2, 0) is 22.6 Å². The fourth-order valence-electron chi connectivity index (χ4n) is 4.79. The van der Waals surface area contributed by atoms with E-state index in [9.17, 15) is 9.59 Å². The summed E-state index contributed by atoms with van der Waals surface area (Å²) < 4.78 is 0. The molecule has 0 aliphatic heterocycles. The quantitative estimate of drug-likeness (QED) is 0.210. The van der Waals surface area contributed by atoms with Gasteiger partial charge in [0.15, 0.2) is 0 Å². The Hall–Kier alpha value is -3.60. The highest BCUT2D eigenvalue weighted by Crippen LogP contribution is 2.32. The summed E-state index contributed by atoms with van der Waals surface area (Å²) >= 11 is 13.1. The standard InChI is InChI=1S/C33H32Cl2N2O2/c1-2-36-33(39)31(21-24-13-6-3-7-14-24)37(23-28-29(34)19-12-20-30(28)35)32(38)22-27(25-15-8-4-9-16-25)26-17-10-5-11-18-26/h3-20,27,31H,2,21-23H2,1H3,(H,36,39). The van der Waals surface area contributed by atoms with Gasteiger partial charge in [-0.15, -0.1) is 0 Å². The van der Waals surface area contributed by atoms with Gasteiger partial charge in [-0.3, -0.25) is 9.59 Å². The SMILES string of the molecule is CCNC(=O)C(Cc1ccccc1)N(Cc1c(Cl)cccc1Cl)C(=O)CC(c1ccccc1)c1ccccc1. The summed E-state index contributed by atoms with van der Waals surface area (Å²) in [6, 6.07) is 34.2. The molecule has 200 valence electrons. The second-order valence-electron chi connectivity index (χ2n) is 9.40. The van der Waals surface area contributed by atoms with Gasteiger partial charge in [0.2, 0.25) is 11.8 Å². The van der Waals surface area contributed by atoms with Gasteiger partial charge >= 0.3 is 0 Å². The Morgan fingerprint density at radius 1 is 0.744 bits per heavy atom. The van der Waals surface area contributed by atoms with Crippen LogP contribution in [0.1, 0.15) is 41.5 Å². The first kappa shape index (κ1) is 28.4. The molecular weight excluding hydrogens is 527 g/mol. The van der Waals surface area contributed by atoms with Crippen LogP contribution in [0.25, 0.3) is 0 Å². The van der Waals surface area contributed by atoms with E-state index in [-0.39, 0.29) is 30.7 Å². The smallest absolute Gasteiger partial charge is 0.243 e. The topological polar surface area (TPSA) is 49.4 Å². The summed E-state index contributed by atoms with van der Waals surface area (Å²) in [7, 11) is 0. The summed E-state index contributed by atoms with van der Waals surface area (Å²) in [5, 5.41) is 3.85. The minimum Gasteiger partial charge on any atom is -0.355 e. The van der Waals surface area contributed by atoms with E-state index in [0.29, 0.717) is 28.6 Å². The van der Waals surface area contributed by atoms with Crippen LogP contribution in [0.4, 0.5) is 0 Å². The molecule has 4 rings (SSSR count). The molecular formula is C33H32Cl2N2O2. The van der Waals surface area contributed by atoms with Gasteiger partial charge in [-0.25, -0.2) is 0 Å². The molecule has 0 saturated carbocycles. The van der Waals surface area contributed by atoms with Gasteiger partial charge in [0.05, 0.1) is 0 Å². The fraction of sp³-hybridized carbons (Fsp3) is 0.212. The third kappa shape index (κ3) is 7.50. The molecule has 0 aromatic heterocycles. The summed E-state index contributed by atoms with van der Waals surface area (Å²) in [6.07, 6.45) is 0.544. The highest BCUT2D eigenvalue weighted by Gasteiger charge is 2.32. The molecule has 0 saturated heterocycles. The van der Waals surface area contributed by atoms with Crippen molar-refractivity contribution in [3.8, 4) is 0 Å². The predicted molar refractivity (Wildman–Crippen MR) is 159 cm³/mol. The number of carbonyl (C=O) groups is 2. The number of nitrogens with zero attached hydrogens (tertiary/aromatic N) is 1. The third-order valence-corrected chi connectivity index (χ3v) is 7.50. The first-order valence-electron chi connectivity index (χ1n) is 13.1. The van der Waals surface area contributed by atoms with E-state index in [1.54, 1.807) is 23.1 Å². The number of halogens is 2. The van der Waals surface area contributed by atoms with Gasteiger partial charge in [0.1, 0.15) is 6.04 Å². The lowest BCUT2D eigenvalue weighted by atomic mass is 9.87. The van der Waals surface area contributed by atoms with Gasteiger partial charge in [0.25, 0.3) is 0 Å². The Morgan fingerprint density at radius 3 is 1.77 bits per heavy atom. The molecule has 0 aliphatic carbocycles. The Balaban J connectivity index is 1.76. The van der Waals surface area contributed by atoms with E-state index in [0.717, 1.165) is 16.7 Å². The monoisotopic (exact) mass is 558 g/mol. The van der Waals surface area contributed by atoms with E-state index in [1.165, 1.54) is 0 Å². The Labute approximate surface area is 240 Å². The van der Waals surface area contributed by atoms with E-state index in [1.807, 2.05) is 97.9 Å². The summed E-state index contributed by atoms with van der Waals surface area (Å²) in [5.74, 6) is -0.555. The Bertz CT molecular complexity index is 1300. The zero-order chi connectivity index (χ0) is 27.6. The molecule has 1 unspecified atom stereocenters. The van der Waals surface area contributed by atoms with Crippen LogP contribution >= 0.6 is 23.2 Å². The summed E-state index contributed by atoms with van der Waals surface area (Å²) in [6.45, 7) is 2.44. The number of nitrogens with one attached hydrogen (secondary N) is 1. The van der Waals surface area contributed by atoms with Crippen LogP contribution in [0.15, 0.2) is 109 Å². The molecule has 0 radical (unpaired) electrons. The molecule has 0 fully saturated rings. The van der Waals surface area contributed by atoms with Crippen molar-refractivity contribution in [2.45, 2.75) is 38.3 Å². The number of likely N-dealkylation sites (N-methyl/N-ethyl adjacent to an activating group) is 1. The zero-order valence-corrected chi connectivity index (χ0v) is 23.4. The van der Waals surface area contributed by atoms with Crippen LogP contribution in [0.5, 0.6) is 0 Å². The van der Waals surface area contributed by atoms with E-state index < -0.39 is 6.04 Å². The number of carbonyl (C=O) groups excluding carboxylic acids is 2. The molecule has 0 bridgehead atoms. The number of amides is 2. The van der Waals surface area contributed by atoms with Crippen LogP contribution < -0.4 is 5.32 Å². The fourth-order valence-corrected chi connectivity index (χ4v) is 5.31. The average molecular weight is 560 g/mol. The maximum atomic E-state index is 14.3. The van der Waals surface area contributed by atoms with Crippen LogP contribution in [0, 0.1) is 0 Å². The number of hydrogen-bond donors (Lipinski definition) is 1. The van der Waals surface area contributed by atoms with Crippen molar-refractivity contribution in [3.63, 3.8) is 0 Å². The van der Waals surface area contributed by atoms with E-state index >= 15 is 0 Å². The van der Waals surface area contributed by atoms with Crippen molar-refractivity contribution in [2.24, 2.45) is 0 Å². The molecule has 0 spiro atoms. The van der Waals surface area contributed by atoms with Crippen LogP contribution in [0.3, 0.4) is 0 Å². The number of rotatable bonds is 11. The summed E-state index contributed by atoms with van der Waals surface area (Å²) in [5.41, 5.74) is 3.64. The first-order valence-corrected chi connectivity index (χ1v) is 13.9. The molecule has 0 heterocycles.